The largest absolute Gasteiger partial charge is 0.354 e. The van der Waals surface area contributed by atoms with Crippen LogP contribution in [0.15, 0.2) is 12.1 Å². The molecule has 0 unspecified atom stereocenters. The molecule has 1 aliphatic heterocycles. The molecule has 1 spiro atoms. The van der Waals surface area contributed by atoms with Crippen LogP contribution in [0.2, 0.25) is 5.15 Å². The van der Waals surface area contributed by atoms with E-state index < -0.39 is 5.54 Å². The normalized spacial score (nSPS) is 21.3. The number of fused-ring (bicyclic) bond motifs is 1. The lowest BCUT2D eigenvalue weighted by molar-refractivity contribution is -0.123. The lowest BCUT2D eigenvalue weighted by Crippen LogP contribution is -2.57. The van der Waals surface area contributed by atoms with Gasteiger partial charge in [0.25, 0.3) is 0 Å². The quantitative estimate of drug-likeness (QED) is 0.662. The number of carbonyl (C=O) groups excluding carboxylic acids is 1. The standard InChI is InChI=1S/C10H10ClN3O/c11-7-3-2-6-8(13-7)14-10(4-1-5-10)9(15)12-6/h2-3H,1,4-5H2,(H,12,15)(H,13,14). The molecule has 1 saturated carbocycles. The van der Waals surface area contributed by atoms with Crippen LogP contribution >= 0.6 is 11.6 Å². The van der Waals surface area contributed by atoms with Crippen molar-refractivity contribution >= 4 is 29.0 Å². The van der Waals surface area contributed by atoms with Crippen molar-refractivity contribution in [2.45, 2.75) is 24.8 Å². The van der Waals surface area contributed by atoms with Gasteiger partial charge in [-0.1, -0.05) is 11.6 Å². The lowest BCUT2D eigenvalue weighted by atomic mass is 9.75. The minimum absolute atomic E-state index is 0.0466. The minimum Gasteiger partial charge on any atom is -0.354 e. The Kier molecular flexibility index (Phi) is 1.71. The Balaban J connectivity index is 2.03. The summed E-state index contributed by atoms with van der Waals surface area (Å²) in [4.78, 5) is 16.0. The summed E-state index contributed by atoms with van der Waals surface area (Å²) >= 11 is 5.80. The highest BCUT2D eigenvalue weighted by Crippen LogP contribution is 2.41. The van der Waals surface area contributed by atoms with Crippen molar-refractivity contribution in [2.24, 2.45) is 0 Å². The number of hydrogen-bond acceptors (Lipinski definition) is 3. The first-order valence-electron chi connectivity index (χ1n) is 4.96. The van der Waals surface area contributed by atoms with E-state index in [0.717, 1.165) is 19.3 Å². The van der Waals surface area contributed by atoms with Gasteiger partial charge in [-0.05, 0) is 31.4 Å². The van der Waals surface area contributed by atoms with E-state index in [4.69, 9.17) is 11.6 Å². The zero-order valence-corrected chi connectivity index (χ0v) is 8.77. The number of hydrogen-bond donors (Lipinski definition) is 2. The number of anilines is 2. The SMILES string of the molecule is O=C1Nc2ccc(Cl)nc2NC12CCC2. The van der Waals surface area contributed by atoms with Crippen LogP contribution in [0, 0.1) is 0 Å². The predicted molar refractivity (Wildman–Crippen MR) is 58.1 cm³/mol. The van der Waals surface area contributed by atoms with Gasteiger partial charge in [0.05, 0.1) is 5.69 Å². The fourth-order valence-electron chi connectivity index (χ4n) is 2.04. The monoisotopic (exact) mass is 223 g/mol. The van der Waals surface area contributed by atoms with E-state index in [0.29, 0.717) is 16.7 Å². The molecular formula is C10H10ClN3O. The Morgan fingerprint density at radius 1 is 1.40 bits per heavy atom. The van der Waals surface area contributed by atoms with Gasteiger partial charge in [-0.15, -0.1) is 0 Å². The molecule has 0 saturated heterocycles. The third kappa shape index (κ3) is 1.21. The van der Waals surface area contributed by atoms with Crippen LogP contribution in [-0.2, 0) is 4.79 Å². The molecule has 0 aromatic carbocycles. The van der Waals surface area contributed by atoms with Gasteiger partial charge in [-0.25, -0.2) is 4.98 Å². The Morgan fingerprint density at radius 3 is 2.87 bits per heavy atom. The second-order valence-electron chi connectivity index (χ2n) is 4.04. The number of halogens is 1. The van der Waals surface area contributed by atoms with Crippen LogP contribution in [0.5, 0.6) is 0 Å². The first kappa shape index (κ1) is 8.97. The molecule has 1 fully saturated rings. The molecule has 1 aromatic rings. The molecule has 0 radical (unpaired) electrons. The number of rotatable bonds is 0. The van der Waals surface area contributed by atoms with Crippen LogP contribution in [0.1, 0.15) is 19.3 Å². The van der Waals surface area contributed by atoms with Gasteiger partial charge in [-0.3, -0.25) is 4.79 Å². The molecule has 5 heteroatoms. The van der Waals surface area contributed by atoms with Crippen LogP contribution in [0.3, 0.4) is 0 Å². The summed E-state index contributed by atoms with van der Waals surface area (Å²) in [5, 5.41) is 6.49. The fraction of sp³-hybridized carbons (Fsp3) is 0.400. The maximum absolute atomic E-state index is 11.8. The van der Waals surface area contributed by atoms with Gasteiger partial charge in [0.1, 0.15) is 10.7 Å². The molecule has 0 atom stereocenters. The van der Waals surface area contributed by atoms with Gasteiger partial charge in [0.15, 0.2) is 5.82 Å². The molecular weight excluding hydrogens is 214 g/mol. The van der Waals surface area contributed by atoms with E-state index in [2.05, 4.69) is 15.6 Å². The lowest BCUT2D eigenvalue weighted by Gasteiger charge is -2.44. The van der Waals surface area contributed by atoms with Gasteiger partial charge in [-0.2, -0.15) is 0 Å². The summed E-state index contributed by atoms with van der Waals surface area (Å²) in [5.74, 6) is 0.729. The Bertz CT molecular complexity index is 442. The van der Waals surface area contributed by atoms with E-state index in [-0.39, 0.29) is 5.91 Å². The molecule has 4 nitrogen and oxygen atoms in total. The van der Waals surface area contributed by atoms with E-state index in [9.17, 15) is 4.79 Å². The molecule has 1 aliphatic carbocycles. The summed E-state index contributed by atoms with van der Waals surface area (Å²) in [5.41, 5.74) is 0.284. The highest BCUT2D eigenvalue weighted by Gasteiger charge is 2.47. The van der Waals surface area contributed by atoms with Gasteiger partial charge >= 0.3 is 0 Å². The third-order valence-corrected chi connectivity index (χ3v) is 3.32. The van der Waals surface area contributed by atoms with Gasteiger partial charge < -0.3 is 10.6 Å². The van der Waals surface area contributed by atoms with E-state index in [1.54, 1.807) is 12.1 Å². The third-order valence-electron chi connectivity index (χ3n) is 3.11. The molecule has 1 aromatic heterocycles. The van der Waals surface area contributed by atoms with Crippen molar-refractivity contribution in [1.29, 1.82) is 0 Å². The molecule has 15 heavy (non-hydrogen) atoms. The molecule has 0 bridgehead atoms. The predicted octanol–water partition coefficient (Wildman–Crippen LogP) is 2.02. The zero-order chi connectivity index (χ0) is 10.5. The van der Waals surface area contributed by atoms with E-state index in [1.165, 1.54) is 0 Å². The number of amides is 1. The van der Waals surface area contributed by atoms with Gasteiger partial charge in [0.2, 0.25) is 5.91 Å². The van der Waals surface area contributed by atoms with E-state index >= 15 is 0 Å². The first-order chi connectivity index (χ1) is 7.20. The van der Waals surface area contributed by atoms with E-state index in [1.807, 2.05) is 0 Å². The number of nitrogens with zero attached hydrogens (tertiary/aromatic N) is 1. The summed E-state index contributed by atoms with van der Waals surface area (Å²) < 4.78 is 0. The van der Waals surface area contributed by atoms with Crippen molar-refractivity contribution in [3.8, 4) is 0 Å². The Labute approximate surface area is 92.0 Å². The average molecular weight is 224 g/mol. The second-order valence-corrected chi connectivity index (χ2v) is 4.43. The summed E-state index contributed by atoms with van der Waals surface area (Å²) in [6, 6.07) is 3.43. The van der Waals surface area contributed by atoms with Crippen LogP contribution in [0.25, 0.3) is 0 Å². The summed E-state index contributed by atoms with van der Waals surface area (Å²) in [6.45, 7) is 0. The summed E-state index contributed by atoms with van der Waals surface area (Å²) in [7, 11) is 0. The molecule has 78 valence electrons. The highest BCUT2D eigenvalue weighted by molar-refractivity contribution is 6.29. The number of pyridine rings is 1. The zero-order valence-electron chi connectivity index (χ0n) is 8.01. The van der Waals surface area contributed by atoms with Crippen molar-refractivity contribution in [3.05, 3.63) is 17.3 Å². The Morgan fingerprint density at radius 2 is 2.20 bits per heavy atom. The van der Waals surface area contributed by atoms with Crippen LogP contribution in [-0.4, -0.2) is 16.4 Å². The van der Waals surface area contributed by atoms with Crippen LogP contribution < -0.4 is 10.6 Å². The second kappa shape index (κ2) is 2.85. The average Bonchev–Trinajstić information content (AvgIpc) is 2.15. The molecule has 2 heterocycles. The van der Waals surface area contributed by atoms with Crippen molar-refractivity contribution in [1.82, 2.24) is 4.98 Å². The van der Waals surface area contributed by atoms with Crippen molar-refractivity contribution in [2.75, 3.05) is 10.6 Å². The maximum Gasteiger partial charge on any atom is 0.250 e. The number of nitrogens with one attached hydrogen (secondary N) is 2. The molecule has 2 aliphatic rings. The summed E-state index contributed by atoms with van der Waals surface area (Å²) in [6.07, 6.45) is 2.81. The number of carbonyl (C=O) groups is 1. The van der Waals surface area contributed by atoms with Gasteiger partial charge in [0, 0.05) is 0 Å². The van der Waals surface area contributed by atoms with Crippen molar-refractivity contribution < 1.29 is 4.79 Å². The molecule has 1 amide bonds. The molecule has 3 rings (SSSR count). The minimum atomic E-state index is -0.426. The molecule has 2 N–H and O–H groups in total. The van der Waals surface area contributed by atoms with Crippen molar-refractivity contribution in [3.63, 3.8) is 0 Å². The topological polar surface area (TPSA) is 54.0 Å². The smallest absolute Gasteiger partial charge is 0.250 e. The van der Waals surface area contributed by atoms with Crippen LogP contribution in [0.4, 0.5) is 11.5 Å². The Hall–Kier alpha value is -1.29. The highest BCUT2D eigenvalue weighted by atomic mass is 35.5. The maximum atomic E-state index is 11.8. The fourth-order valence-corrected chi connectivity index (χ4v) is 2.19. The first-order valence-corrected chi connectivity index (χ1v) is 5.34. The number of aromatic nitrogens is 1.